The van der Waals surface area contributed by atoms with E-state index in [9.17, 15) is 13.2 Å². The Morgan fingerprint density at radius 1 is 1.09 bits per heavy atom. The fourth-order valence-electron chi connectivity index (χ4n) is 3.80. The van der Waals surface area contributed by atoms with Crippen LogP contribution in [0, 0.1) is 6.92 Å². The van der Waals surface area contributed by atoms with E-state index in [1.165, 1.54) is 19.2 Å². The first-order valence-electron chi connectivity index (χ1n) is 11.2. The molecule has 1 amide bonds. The first-order valence-corrected chi connectivity index (χ1v) is 12.7. The molecule has 0 unspecified atom stereocenters. The average molecular weight is 475 g/mol. The molecule has 0 aromatic heterocycles. The lowest BCUT2D eigenvalue weighted by molar-refractivity contribution is -0.119. The van der Waals surface area contributed by atoms with Gasteiger partial charge in [0.25, 0.3) is 10.0 Å². The van der Waals surface area contributed by atoms with Gasteiger partial charge in [0.15, 0.2) is 0 Å². The standard InChI is InChI=1S/C24H34N4O4S/c1-20-10-11-23(32-3)22(18-20)28(33(30,31)21-8-5-4-6-9-21)19-24(29)25-12-7-13-27-16-14-26(2)15-17-27/h4-6,8-11,18H,7,12-17,19H2,1-3H3,(H,25,29). The van der Waals surface area contributed by atoms with E-state index in [2.05, 4.69) is 22.2 Å². The first-order chi connectivity index (χ1) is 15.8. The fourth-order valence-corrected chi connectivity index (χ4v) is 5.25. The Hall–Kier alpha value is -2.62. The van der Waals surface area contributed by atoms with Crippen molar-refractivity contribution >= 4 is 21.6 Å². The summed E-state index contributed by atoms with van der Waals surface area (Å²) in [5, 5.41) is 2.88. The summed E-state index contributed by atoms with van der Waals surface area (Å²) in [6.07, 6.45) is 0.814. The topological polar surface area (TPSA) is 82.2 Å². The van der Waals surface area contributed by atoms with Crippen LogP contribution in [0.25, 0.3) is 0 Å². The van der Waals surface area contributed by atoms with Gasteiger partial charge in [-0.25, -0.2) is 8.42 Å². The minimum atomic E-state index is -3.97. The van der Waals surface area contributed by atoms with Crippen LogP contribution < -0.4 is 14.4 Å². The summed E-state index contributed by atoms with van der Waals surface area (Å²) in [7, 11) is -0.365. The normalized spacial score (nSPS) is 15.2. The monoisotopic (exact) mass is 474 g/mol. The smallest absolute Gasteiger partial charge is 0.264 e. The fraction of sp³-hybridized carbons (Fsp3) is 0.458. The second-order valence-corrected chi connectivity index (χ2v) is 10.2. The number of anilines is 1. The number of nitrogens with one attached hydrogen (secondary N) is 1. The molecule has 1 N–H and O–H groups in total. The summed E-state index contributed by atoms with van der Waals surface area (Å²) in [5.41, 5.74) is 1.21. The molecule has 2 aromatic rings. The molecule has 33 heavy (non-hydrogen) atoms. The number of hydrogen-bond acceptors (Lipinski definition) is 6. The zero-order valence-electron chi connectivity index (χ0n) is 19.7. The molecule has 8 nitrogen and oxygen atoms in total. The Balaban J connectivity index is 1.71. The summed E-state index contributed by atoms with van der Waals surface area (Å²) < 4.78 is 33.5. The van der Waals surface area contributed by atoms with Gasteiger partial charge in [0.2, 0.25) is 5.91 Å². The van der Waals surface area contributed by atoms with Gasteiger partial charge in [0.1, 0.15) is 12.3 Å². The van der Waals surface area contributed by atoms with Crippen molar-refractivity contribution in [1.29, 1.82) is 0 Å². The van der Waals surface area contributed by atoms with Gasteiger partial charge in [-0.3, -0.25) is 9.10 Å². The van der Waals surface area contributed by atoms with Crippen LogP contribution in [-0.4, -0.2) is 84.1 Å². The number of carbonyl (C=O) groups is 1. The Labute approximate surface area is 197 Å². The van der Waals surface area contributed by atoms with E-state index in [4.69, 9.17) is 4.74 Å². The number of methoxy groups -OCH3 is 1. The van der Waals surface area contributed by atoms with Crippen LogP contribution in [0.2, 0.25) is 0 Å². The zero-order valence-corrected chi connectivity index (χ0v) is 20.5. The van der Waals surface area contributed by atoms with Gasteiger partial charge in [-0.1, -0.05) is 24.3 Å². The molecular weight excluding hydrogens is 440 g/mol. The number of rotatable bonds is 10. The Morgan fingerprint density at radius 3 is 2.45 bits per heavy atom. The maximum atomic E-state index is 13.5. The van der Waals surface area contributed by atoms with E-state index in [-0.39, 0.29) is 17.3 Å². The van der Waals surface area contributed by atoms with Gasteiger partial charge in [-0.05, 0) is 56.8 Å². The van der Waals surface area contributed by atoms with Crippen molar-refractivity contribution in [3.8, 4) is 5.75 Å². The minimum absolute atomic E-state index is 0.122. The van der Waals surface area contributed by atoms with Gasteiger partial charge in [-0.2, -0.15) is 0 Å². The van der Waals surface area contributed by atoms with Crippen LogP contribution in [0.15, 0.2) is 53.4 Å². The van der Waals surface area contributed by atoms with Gasteiger partial charge < -0.3 is 19.9 Å². The summed E-state index contributed by atoms with van der Waals surface area (Å²) in [6, 6.07) is 13.4. The zero-order chi connectivity index (χ0) is 23.8. The molecule has 0 atom stereocenters. The summed E-state index contributed by atoms with van der Waals surface area (Å²) >= 11 is 0. The van der Waals surface area contributed by atoms with E-state index in [1.54, 1.807) is 30.3 Å². The molecule has 180 valence electrons. The van der Waals surface area contributed by atoms with Crippen LogP contribution >= 0.6 is 0 Å². The highest BCUT2D eigenvalue weighted by molar-refractivity contribution is 7.92. The predicted octanol–water partition coefficient (Wildman–Crippen LogP) is 1.95. The Bertz CT molecular complexity index is 1020. The molecule has 0 spiro atoms. The number of carbonyl (C=O) groups excluding carboxylic acids is 1. The molecule has 1 aliphatic rings. The van der Waals surface area contributed by atoms with Gasteiger partial charge in [0, 0.05) is 32.7 Å². The van der Waals surface area contributed by atoms with E-state index in [0.29, 0.717) is 18.0 Å². The van der Waals surface area contributed by atoms with Crippen molar-refractivity contribution in [2.24, 2.45) is 0 Å². The van der Waals surface area contributed by atoms with E-state index in [0.717, 1.165) is 49.0 Å². The van der Waals surface area contributed by atoms with Crippen LogP contribution in [-0.2, 0) is 14.8 Å². The number of ether oxygens (including phenoxy) is 1. The third kappa shape index (κ3) is 6.69. The Kier molecular flexibility index (Phi) is 8.71. The Morgan fingerprint density at radius 2 is 1.79 bits per heavy atom. The highest BCUT2D eigenvalue weighted by atomic mass is 32.2. The highest BCUT2D eigenvalue weighted by Gasteiger charge is 2.29. The van der Waals surface area contributed by atoms with E-state index < -0.39 is 10.0 Å². The molecule has 0 bridgehead atoms. The molecular formula is C24H34N4O4S. The molecule has 1 aliphatic heterocycles. The molecule has 3 rings (SSSR count). The largest absolute Gasteiger partial charge is 0.495 e. The highest BCUT2D eigenvalue weighted by Crippen LogP contribution is 2.33. The number of aryl methyl sites for hydroxylation is 1. The molecule has 1 fully saturated rings. The number of sulfonamides is 1. The molecule has 0 aliphatic carbocycles. The number of amides is 1. The lowest BCUT2D eigenvalue weighted by Crippen LogP contribution is -2.45. The molecule has 0 radical (unpaired) electrons. The average Bonchev–Trinajstić information content (AvgIpc) is 2.82. The first kappa shape index (κ1) is 25.0. The molecule has 2 aromatic carbocycles. The van der Waals surface area contributed by atoms with E-state index >= 15 is 0 Å². The van der Waals surface area contributed by atoms with E-state index in [1.807, 2.05) is 13.0 Å². The summed E-state index contributed by atoms with van der Waals surface area (Å²) in [4.78, 5) is 17.6. The molecule has 9 heteroatoms. The third-order valence-corrected chi connectivity index (χ3v) is 7.56. The minimum Gasteiger partial charge on any atom is -0.495 e. The second kappa shape index (κ2) is 11.5. The second-order valence-electron chi connectivity index (χ2n) is 8.35. The molecule has 1 heterocycles. The van der Waals surface area contributed by atoms with Crippen LogP contribution in [0.5, 0.6) is 5.75 Å². The maximum absolute atomic E-state index is 13.5. The van der Waals surface area contributed by atoms with Crippen molar-refractivity contribution in [2.75, 3.05) is 64.3 Å². The van der Waals surface area contributed by atoms with Gasteiger partial charge in [-0.15, -0.1) is 0 Å². The van der Waals surface area contributed by atoms with Crippen molar-refractivity contribution in [3.63, 3.8) is 0 Å². The SMILES string of the molecule is COc1ccc(C)cc1N(CC(=O)NCCCN1CCN(C)CC1)S(=O)(=O)c1ccccc1. The van der Waals surface area contributed by atoms with Gasteiger partial charge in [0.05, 0.1) is 17.7 Å². The summed E-state index contributed by atoms with van der Waals surface area (Å²) in [6.45, 7) is 7.11. The lowest BCUT2D eigenvalue weighted by Gasteiger charge is -2.32. The number of hydrogen-bond donors (Lipinski definition) is 1. The number of benzene rings is 2. The third-order valence-electron chi connectivity index (χ3n) is 5.79. The quantitative estimate of drug-likeness (QED) is 0.530. The van der Waals surface area contributed by atoms with Crippen molar-refractivity contribution in [3.05, 3.63) is 54.1 Å². The number of piperazine rings is 1. The van der Waals surface area contributed by atoms with Crippen molar-refractivity contribution < 1.29 is 17.9 Å². The lowest BCUT2D eigenvalue weighted by atomic mass is 10.2. The molecule has 0 saturated carbocycles. The predicted molar refractivity (Wildman–Crippen MR) is 130 cm³/mol. The maximum Gasteiger partial charge on any atom is 0.264 e. The van der Waals surface area contributed by atoms with Crippen LogP contribution in [0.3, 0.4) is 0 Å². The summed E-state index contributed by atoms with van der Waals surface area (Å²) in [5.74, 6) is 0.0411. The molecule has 1 saturated heterocycles. The van der Waals surface area contributed by atoms with Crippen molar-refractivity contribution in [1.82, 2.24) is 15.1 Å². The van der Waals surface area contributed by atoms with Crippen LogP contribution in [0.1, 0.15) is 12.0 Å². The number of nitrogens with zero attached hydrogens (tertiary/aromatic N) is 3. The van der Waals surface area contributed by atoms with Gasteiger partial charge >= 0.3 is 0 Å². The van der Waals surface area contributed by atoms with Crippen molar-refractivity contribution in [2.45, 2.75) is 18.2 Å². The van der Waals surface area contributed by atoms with Crippen LogP contribution in [0.4, 0.5) is 5.69 Å². The number of likely N-dealkylation sites (N-methyl/N-ethyl adjacent to an activating group) is 1.